The molecule has 1 saturated carbocycles. The third-order valence-electron chi connectivity index (χ3n) is 5.60. The number of rotatable bonds is 7. The number of likely N-dealkylation sites (N-methyl/N-ethyl adjacent to an activating group) is 1. The second-order valence-corrected chi connectivity index (χ2v) is 7.42. The third-order valence-corrected chi connectivity index (χ3v) is 5.60. The van der Waals surface area contributed by atoms with Crippen LogP contribution in [0.5, 0.6) is 0 Å². The molecule has 1 aliphatic rings. The van der Waals surface area contributed by atoms with Gasteiger partial charge < -0.3 is 14.8 Å². The van der Waals surface area contributed by atoms with Crippen LogP contribution >= 0.6 is 0 Å². The van der Waals surface area contributed by atoms with Crippen molar-refractivity contribution in [1.29, 1.82) is 5.26 Å². The van der Waals surface area contributed by atoms with Crippen LogP contribution in [-0.2, 0) is 16.1 Å². The number of benzene rings is 1. The minimum absolute atomic E-state index is 0.0470. The number of aromatic nitrogens is 1. The molecule has 6 heteroatoms. The standard InChI is InChI=1S/C23H28N4O2/c1-3-26(4-2)22(28)16-27-15-18(20-11-7-8-12-21(20)27)13-17(14-24)23(29)25-19-9-5-6-10-19/h7-8,11-13,15,19H,3-6,9-10,16H2,1-2H3,(H,25,29)/b17-13-. The molecule has 1 N–H and O–H groups in total. The summed E-state index contributed by atoms with van der Waals surface area (Å²) >= 11 is 0. The summed E-state index contributed by atoms with van der Waals surface area (Å²) in [7, 11) is 0. The molecular weight excluding hydrogens is 364 g/mol. The summed E-state index contributed by atoms with van der Waals surface area (Å²) in [6.45, 7) is 5.49. The third kappa shape index (κ3) is 4.68. The molecule has 0 spiro atoms. The van der Waals surface area contributed by atoms with Crippen molar-refractivity contribution in [2.75, 3.05) is 13.1 Å². The maximum Gasteiger partial charge on any atom is 0.262 e. The summed E-state index contributed by atoms with van der Waals surface area (Å²) in [5.74, 6) is -0.277. The summed E-state index contributed by atoms with van der Waals surface area (Å²) < 4.78 is 1.89. The number of para-hydroxylation sites is 1. The lowest BCUT2D eigenvalue weighted by atomic mass is 10.1. The van der Waals surface area contributed by atoms with Gasteiger partial charge in [0.25, 0.3) is 5.91 Å². The highest BCUT2D eigenvalue weighted by Crippen LogP contribution is 2.24. The van der Waals surface area contributed by atoms with Crippen LogP contribution in [0.4, 0.5) is 0 Å². The van der Waals surface area contributed by atoms with E-state index < -0.39 is 0 Å². The molecule has 152 valence electrons. The number of nitrogens with zero attached hydrogens (tertiary/aromatic N) is 3. The number of hydrogen-bond acceptors (Lipinski definition) is 3. The fraction of sp³-hybridized carbons (Fsp3) is 0.435. The predicted octanol–water partition coefficient (Wildman–Crippen LogP) is 3.48. The van der Waals surface area contributed by atoms with E-state index in [1.165, 1.54) is 0 Å². The fourth-order valence-electron chi connectivity index (χ4n) is 3.98. The van der Waals surface area contributed by atoms with Crippen molar-refractivity contribution in [2.45, 2.75) is 52.1 Å². The van der Waals surface area contributed by atoms with Crippen molar-refractivity contribution < 1.29 is 9.59 Å². The SMILES string of the molecule is CCN(CC)C(=O)Cn1cc(/C=C(/C#N)C(=O)NC2CCCC2)c2ccccc21. The van der Waals surface area contributed by atoms with Gasteiger partial charge in [-0.15, -0.1) is 0 Å². The minimum atomic E-state index is -0.324. The van der Waals surface area contributed by atoms with E-state index in [0.717, 1.165) is 42.1 Å². The highest BCUT2D eigenvalue weighted by Gasteiger charge is 2.20. The van der Waals surface area contributed by atoms with Gasteiger partial charge in [0, 0.05) is 41.8 Å². The molecule has 0 bridgehead atoms. The van der Waals surface area contributed by atoms with Crippen molar-refractivity contribution in [1.82, 2.24) is 14.8 Å². The molecule has 1 aliphatic carbocycles. The molecule has 1 fully saturated rings. The Morgan fingerprint density at radius 3 is 2.59 bits per heavy atom. The number of carbonyl (C=O) groups is 2. The zero-order chi connectivity index (χ0) is 20.8. The molecule has 0 radical (unpaired) electrons. The van der Waals surface area contributed by atoms with Crippen LogP contribution in [-0.4, -0.2) is 40.4 Å². The van der Waals surface area contributed by atoms with Gasteiger partial charge in [-0.3, -0.25) is 9.59 Å². The Morgan fingerprint density at radius 2 is 1.93 bits per heavy atom. The molecule has 2 aromatic rings. The molecule has 1 aromatic heterocycles. The number of amides is 2. The van der Waals surface area contributed by atoms with Gasteiger partial charge in [0.2, 0.25) is 5.91 Å². The maximum atomic E-state index is 12.6. The topological polar surface area (TPSA) is 78.1 Å². The Morgan fingerprint density at radius 1 is 1.24 bits per heavy atom. The maximum absolute atomic E-state index is 12.6. The van der Waals surface area contributed by atoms with E-state index in [2.05, 4.69) is 5.32 Å². The predicted molar refractivity (Wildman–Crippen MR) is 114 cm³/mol. The van der Waals surface area contributed by atoms with Gasteiger partial charge in [-0.05, 0) is 38.8 Å². The van der Waals surface area contributed by atoms with E-state index >= 15 is 0 Å². The molecule has 2 amide bonds. The van der Waals surface area contributed by atoms with E-state index in [-0.39, 0.29) is 30.0 Å². The van der Waals surface area contributed by atoms with E-state index in [4.69, 9.17) is 0 Å². The summed E-state index contributed by atoms with van der Waals surface area (Å²) in [6.07, 6.45) is 7.65. The molecule has 0 aliphatic heterocycles. The summed E-state index contributed by atoms with van der Waals surface area (Å²) in [6, 6.07) is 9.94. The minimum Gasteiger partial charge on any atom is -0.349 e. The monoisotopic (exact) mass is 392 g/mol. The lowest BCUT2D eigenvalue weighted by molar-refractivity contribution is -0.131. The van der Waals surface area contributed by atoms with Gasteiger partial charge in [0.15, 0.2) is 0 Å². The number of hydrogen-bond donors (Lipinski definition) is 1. The van der Waals surface area contributed by atoms with E-state index in [1.807, 2.05) is 54.9 Å². The first-order valence-electron chi connectivity index (χ1n) is 10.4. The molecule has 1 heterocycles. The molecule has 1 aromatic carbocycles. The number of nitrogens with one attached hydrogen (secondary N) is 1. The first-order chi connectivity index (χ1) is 14.1. The van der Waals surface area contributed by atoms with Gasteiger partial charge >= 0.3 is 0 Å². The molecule has 29 heavy (non-hydrogen) atoms. The van der Waals surface area contributed by atoms with Crippen molar-refractivity contribution in [3.8, 4) is 6.07 Å². The van der Waals surface area contributed by atoms with Crippen molar-refractivity contribution >= 4 is 28.8 Å². The van der Waals surface area contributed by atoms with E-state index in [1.54, 1.807) is 11.0 Å². The van der Waals surface area contributed by atoms with Crippen molar-refractivity contribution in [3.63, 3.8) is 0 Å². The lowest BCUT2D eigenvalue weighted by Gasteiger charge is -2.19. The van der Waals surface area contributed by atoms with Crippen LogP contribution in [0.15, 0.2) is 36.0 Å². The zero-order valence-corrected chi connectivity index (χ0v) is 17.1. The second-order valence-electron chi connectivity index (χ2n) is 7.42. The van der Waals surface area contributed by atoms with Crippen LogP contribution in [0.1, 0.15) is 45.1 Å². The molecule has 0 saturated heterocycles. The first-order valence-corrected chi connectivity index (χ1v) is 10.4. The van der Waals surface area contributed by atoms with Gasteiger partial charge in [0.1, 0.15) is 18.2 Å². The largest absolute Gasteiger partial charge is 0.349 e. The Bertz CT molecular complexity index is 957. The molecule has 0 unspecified atom stereocenters. The Hall–Kier alpha value is -3.07. The van der Waals surface area contributed by atoms with Crippen LogP contribution in [0.25, 0.3) is 17.0 Å². The highest BCUT2D eigenvalue weighted by atomic mass is 16.2. The normalized spacial score (nSPS) is 14.7. The van der Waals surface area contributed by atoms with Gasteiger partial charge in [-0.1, -0.05) is 31.0 Å². The van der Waals surface area contributed by atoms with Crippen LogP contribution in [0.2, 0.25) is 0 Å². The van der Waals surface area contributed by atoms with Crippen molar-refractivity contribution in [3.05, 3.63) is 41.6 Å². The average Bonchev–Trinajstić information content (AvgIpc) is 3.35. The average molecular weight is 393 g/mol. The van der Waals surface area contributed by atoms with Gasteiger partial charge in [-0.2, -0.15) is 5.26 Å². The van der Waals surface area contributed by atoms with Crippen LogP contribution in [0.3, 0.4) is 0 Å². The van der Waals surface area contributed by atoms with Crippen molar-refractivity contribution in [2.24, 2.45) is 0 Å². The molecular formula is C23H28N4O2. The van der Waals surface area contributed by atoms with Gasteiger partial charge in [0.05, 0.1) is 0 Å². The second kappa shape index (κ2) is 9.42. The molecule has 3 rings (SSSR count). The summed E-state index contributed by atoms with van der Waals surface area (Å²) in [5.41, 5.74) is 1.77. The summed E-state index contributed by atoms with van der Waals surface area (Å²) in [5, 5.41) is 13.4. The highest BCUT2D eigenvalue weighted by molar-refractivity contribution is 6.04. The Labute approximate surface area is 171 Å². The first kappa shape index (κ1) is 20.7. The van der Waals surface area contributed by atoms with Gasteiger partial charge in [-0.25, -0.2) is 0 Å². The Kier molecular flexibility index (Phi) is 6.71. The zero-order valence-electron chi connectivity index (χ0n) is 17.1. The fourth-order valence-corrected chi connectivity index (χ4v) is 3.98. The lowest BCUT2D eigenvalue weighted by Crippen LogP contribution is -2.33. The smallest absolute Gasteiger partial charge is 0.262 e. The Balaban J connectivity index is 1.90. The number of carbonyl (C=O) groups excluding carboxylic acids is 2. The van der Waals surface area contributed by atoms with Crippen LogP contribution in [0, 0.1) is 11.3 Å². The molecule has 6 nitrogen and oxygen atoms in total. The van der Waals surface area contributed by atoms with E-state index in [9.17, 15) is 14.9 Å². The summed E-state index contributed by atoms with van der Waals surface area (Å²) in [4.78, 5) is 26.9. The van der Waals surface area contributed by atoms with Crippen LogP contribution < -0.4 is 5.32 Å². The number of nitriles is 1. The van der Waals surface area contributed by atoms with E-state index in [0.29, 0.717) is 13.1 Å². The number of fused-ring (bicyclic) bond motifs is 1. The quantitative estimate of drug-likeness (QED) is 0.579. The molecule has 0 atom stereocenters.